The molecule has 0 saturated heterocycles. The summed E-state index contributed by atoms with van der Waals surface area (Å²) in [4.78, 5) is 29.7. The average molecular weight is 370 g/mol. The first-order valence-electron chi connectivity index (χ1n) is 9.58. The van der Waals surface area contributed by atoms with Gasteiger partial charge in [0.1, 0.15) is 0 Å². The number of likely N-dealkylation sites (N-methyl/N-ethyl adjacent to an activating group) is 2. The second-order valence-corrected chi connectivity index (χ2v) is 6.72. The van der Waals surface area contributed by atoms with Gasteiger partial charge < -0.3 is 9.80 Å². The minimum atomic E-state index is -0.119. The van der Waals surface area contributed by atoms with Gasteiger partial charge >= 0.3 is 0 Å². The Kier molecular flexibility index (Phi) is 4.70. The van der Waals surface area contributed by atoms with Gasteiger partial charge in [-0.1, -0.05) is 60.7 Å². The van der Waals surface area contributed by atoms with Crippen LogP contribution in [0.25, 0.3) is 11.4 Å². The summed E-state index contributed by atoms with van der Waals surface area (Å²) < 4.78 is 0. The molecule has 0 aliphatic carbocycles. The van der Waals surface area contributed by atoms with E-state index in [0.29, 0.717) is 24.2 Å². The highest BCUT2D eigenvalue weighted by Gasteiger charge is 2.36. The number of amides is 2. The highest BCUT2D eigenvalue weighted by molar-refractivity contribution is 6.18. The van der Waals surface area contributed by atoms with E-state index in [0.717, 1.165) is 22.5 Å². The summed E-state index contributed by atoms with van der Waals surface area (Å²) in [6.07, 6.45) is 3.71. The van der Waals surface area contributed by atoms with Crippen molar-refractivity contribution in [3.8, 4) is 0 Å². The molecule has 2 heterocycles. The Morgan fingerprint density at radius 1 is 0.607 bits per heavy atom. The van der Waals surface area contributed by atoms with E-state index >= 15 is 0 Å². The molecule has 140 valence electrons. The van der Waals surface area contributed by atoms with Crippen molar-refractivity contribution in [1.29, 1.82) is 0 Å². The van der Waals surface area contributed by atoms with Crippen molar-refractivity contribution < 1.29 is 9.59 Å². The molecule has 0 atom stereocenters. The van der Waals surface area contributed by atoms with Crippen LogP contribution >= 0.6 is 0 Å². The van der Waals surface area contributed by atoms with Crippen molar-refractivity contribution in [2.75, 3.05) is 13.1 Å². The van der Waals surface area contributed by atoms with Gasteiger partial charge in [0.15, 0.2) is 0 Å². The molecule has 2 aliphatic rings. The predicted molar refractivity (Wildman–Crippen MR) is 111 cm³/mol. The van der Waals surface area contributed by atoms with Crippen LogP contribution in [-0.2, 0) is 9.59 Å². The second kappa shape index (κ2) is 7.31. The molecule has 4 nitrogen and oxygen atoms in total. The third-order valence-electron chi connectivity index (χ3n) is 5.16. The smallest absolute Gasteiger partial charge is 0.259 e. The van der Waals surface area contributed by atoms with Crippen LogP contribution in [0, 0.1) is 0 Å². The zero-order valence-electron chi connectivity index (χ0n) is 16.1. The van der Waals surface area contributed by atoms with E-state index in [-0.39, 0.29) is 11.8 Å². The Bertz CT molecular complexity index is 934. The minimum Gasteiger partial charge on any atom is -0.308 e. The molecule has 0 bridgehead atoms. The Morgan fingerprint density at radius 2 is 0.964 bits per heavy atom. The summed E-state index contributed by atoms with van der Waals surface area (Å²) in [5.74, 6) is -0.238. The largest absolute Gasteiger partial charge is 0.308 e. The van der Waals surface area contributed by atoms with Gasteiger partial charge in [-0.3, -0.25) is 9.59 Å². The summed E-state index contributed by atoms with van der Waals surface area (Å²) in [6, 6.07) is 19.6. The van der Waals surface area contributed by atoms with Crippen molar-refractivity contribution in [3.05, 3.63) is 95.1 Å². The van der Waals surface area contributed by atoms with Crippen molar-refractivity contribution in [3.63, 3.8) is 0 Å². The van der Waals surface area contributed by atoms with Gasteiger partial charge in [-0.25, -0.2) is 0 Å². The molecule has 0 aromatic heterocycles. The van der Waals surface area contributed by atoms with Crippen molar-refractivity contribution >= 4 is 23.2 Å². The molecule has 0 N–H and O–H groups in total. The fourth-order valence-corrected chi connectivity index (χ4v) is 3.77. The third kappa shape index (κ3) is 2.87. The van der Waals surface area contributed by atoms with Crippen LogP contribution in [0.2, 0.25) is 0 Å². The van der Waals surface area contributed by atoms with E-state index in [1.54, 1.807) is 9.80 Å². The standard InChI is InChI=1S/C24H22N2O2/c1-3-25-21(17-11-7-5-8-12-17)15-19(23(25)27)20-16-22(26(4-2)24(20)28)18-13-9-6-10-14-18/h5-16H,3-4H2,1-2H3/b20-19+. The molecule has 0 radical (unpaired) electrons. The molecule has 0 unspecified atom stereocenters. The number of rotatable bonds is 4. The molecule has 0 fully saturated rings. The van der Waals surface area contributed by atoms with Crippen molar-refractivity contribution in [2.24, 2.45) is 0 Å². The van der Waals surface area contributed by atoms with Gasteiger partial charge in [0.05, 0.1) is 22.5 Å². The van der Waals surface area contributed by atoms with Crippen LogP contribution in [0.3, 0.4) is 0 Å². The first-order valence-corrected chi connectivity index (χ1v) is 9.58. The highest BCUT2D eigenvalue weighted by atomic mass is 16.2. The van der Waals surface area contributed by atoms with E-state index in [9.17, 15) is 9.59 Å². The molecular weight excluding hydrogens is 348 g/mol. The normalized spacial score (nSPS) is 19.4. The molecule has 4 heteroatoms. The predicted octanol–water partition coefficient (Wildman–Crippen LogP) is 4.09. The Labute approximate surface area is 165 Å². The SMILES string of the molecule is CCN1C(=O)/C(=C2\C=C(c3ccccc3)N(CC)C2=O)C=C1c1ccccc1. The van der Waals surface area contributed by atoms with E-state index < -0.39 is 0 Å². The van der Waals surface area contributed by atoms with E-state index in [4.69, 9.17) is 0 Å². The van der Waals surface area contributed by atoms with Crippen molar-refractivity contribution in [1.82, 2.24) is 9.80 Å². The lowest BCUT2D eigenvalue weighted by Gasteiger charge is -2.19. The Morgan fingerprint density at radius 3 is 1.29 bits per heavy atom. The van der Waals surface area contributed by atoms with Crippen molar-refractivity contribution in [2.45, 2.75) is 13.8 Å². The number of nitrogens with zero attached hydrogens (tertiary/aromatic N) is 2. The first-order chi connectivity index (χ1) is 13.7. The maximum absolute atomic E-state index is 13.1. The fraction of sp³-hybridized carbons (Fsp3) is 0.167. The number of carbonyl (C=O) groups excluding carboxylic acids is 2. The van der Waals surface area contributed by atoms with Gasteiger partial charge in [0, 0.05) is 13.1 Å². The summed E-state index contributed by atoms with van der Waals surface area (Å²) >= 11 is 0. The van der Waals surface area contributed by atoms with Gasteiger partial charge in [-0.15, -0.1) is 0 Å². The quantitative estimate of drug-likeness (QED) is 0.761. The molecule has 2 aliphatic heterocycles. The molecule has 2 aromatic carbocycles. The first kappa shape index (κ1) is 18.0. The lowest BCUT2D eigenvalue weighted by molar-refractivity contribution is -0.125. The summed E-state index contributed by atoms with van der Waals surface area (Å²) in [7, 11) is 0. The molecule has 2 amide bonds. The fourth-order valence-electron chi connectivity index (χ4n) is 3.77. The molecule has 4 rings (SSSR count). The number of hydrogen-bond acceptors (Lipinski definition) is 2. The summed E-state index contributed by atoms with van der Waals surface area (Å²) in [5, 5.41) is 0. The van der Waals surface area contributed by atoms with Crippen LogP contribution < -0.4 is 0 Å². The van der Waals surface area contributed by atoms with Gasteiger partial charge in [-0.05, 0) is 37.1 Å². The monoisotopic (exact) mass is 370 g/mol. The molecule has 2 aromatic rings. The summed E-state index contributed by atoms with van der Waals surface area (Å²) in [5.41, 5.74) is 4.56. The van der Waals surface area contributed by atoms with Crippen LogP contribution in [0.4, 0.5) is 0 Å². The topological polar surface area (TPSA) is 40.6 Å². The Hall–Kier alpha value is -3.40. The molecule has 28 heavy (non-hydrogen) atoms. The van der Waals surface area contributed by atoms with Gasteiger partial charge in [0.25, 0.3) is 11.8 Å². The van der Waals surface area contributed by atoms with E-state index in [1.807, 2.05) is 86.7 Å². The molecular formula is C24H22N2O2. The van der Waals surface area contributed by atoms with Crippen LogP contribution in [0.5, 0.6) is 0 Å². The lowest BCUT2D eigenvalue weighted by Crippen LogP contribution is -2.28. The highest BCUT2D eigenvalue weighted by Crippen LogP contribution is 2.36. The zero-order valence-corrected chi connectivity index (χ0v) is 16.1. The minimum absolute atomic E-state index is 0.119. The maximum Gasteiger partial charge on any atom is 0.259 e. The molecule has 0 spiro atoms. The molecule has 0 saturated carbocycles. The average Bonchev–Trinajstić information content (AvgIpc) is 3.25. The van der Waals surface area contributed by atoms with E-state index in [2.05, 4.69) is 0 Å². The third-order valence-corrected chi connectivity index (χ3v) is 5.16. The second-order valence-electron chi connectivity index (χ2n) is 6.72. The summed E-state index contributed by atoms with van der Waals surface area (Å²) in [6.45, 7) is 5.00. The Balaban J connectivity index is 1.85. The van der Waals surface area contributed by atoms with Gasteiger partial charge in [0.2, 0.25) is 0 Å². The number of benzene rings is 2. The van der Waals surface area contributed by atoms with Crippen LogP contribution in [-0.4, -0.2) is 34.7 Å². The van der Waals surface area contributed by atoms with Crippen LogP contribution in [0.1, 0.15) is 25.0 Å². The lowest BCUT2D eigenvalue weighted by atomic mass is 10.1. The zero-order chi connectivity index (χ0) is 19.7. The van der Waals surface area contributed by atoms with Crippen LogP contribution in [0.15, 0.2) is 84.0 Å². The van der Waals surface area contributed by atoms with E-state index in [1.165, 1.54) is 0 Å². The maximum atomic E-state index is 13.1. The van der Waals surface area contributed by atoms with Gasteiger partial charge in [-0.2, -0.15) is 0 Å². The number of carbonyl (C=O) groups is 2. The number of hydrogen-bond donors (Lipinski definition) is 0.